The molecule has 0 aromatic heterocycles. The minimum atomic E-state index is -0.381. The van der Waals surface area contributed by atoms with Crippen LogP contribution in [0.15, 0.2) is 30.0 Å². The van der Waals surface area contributed by atoms with Crippen LogP contribution >= 0.6 is 0 Å². The lowest BCUT2D eigenvalue weighted by atomic mass is 10.2. The first kappa shape index (κ1) is 15.6. The Balaban J connectivity index is 2.86. The Labute approximate surface area is 119 Å². The Morgan fingerprint density at radius 3 is 2.85 bits per heavy atom. The lowest BCUT2D eigenvalue weighted by Gasteiger charge is -2.09. The van der Waals surface area contributed by atoms with Crippen molar-refractivity contribution in [2.45, 2.75) is 20.3 Å². The number of hydrogen-bond acceptors (Lipinski definition) is 4. The van der Waals surface area contributed by atoms with Gasteiger partial charge >= 0.3 is 0 Å². The number of carbonyl (C=O) groups is 1. The zero-order valence-corrected chi connectivity index (χ0v) is 12.0. The van der Waals surface area contributed by atoms with Crippen LogP contribution in [0, 0.1) is 18.3 Å². The van der Waals surface area contributed by atoms with E-state index in [0.717, 1.165) is 12.0 Å². The topological polar surface area (TPSA) is 74.2 Å². The second kappa shape index (κ2) is 7.85. The maximum atomic E-state index is 11.7. The molecule has 0 fully saturated rings. The summed E-state index contributed by atoms with van der Waals surface area (Å²) in [6, 6.07) is 7.51. The second-order valence-electron chi connectivity index (χ2n) is 4.27. The number of nitrogens with one attached hydrogen (secondary N) is 2. The van der Waals surface area contributed by atoms with E-state index in [1.807, 2.05) is 38.1 Å². The van der Waals surface area contributed by atoms with Gasteiger partial charge in [-0.3, -0.25) is 4.79 Å². The van der Waals surface area contributed by atoms with Gasteiger partial charge in [-0.2, -0.15) is 5.26 Å². The molecule has 106 valence electrons. The number of ether oxygens (including phenoxy) is 1. The van der Waals surface area contributed by atoms with Crippen LogP contribution in [0.2, 0.25) is 0 Å². The standard InChI is InChI=1S/C15H19N3O2/c1-4-7-17-15(19)12(9-16)10-18-13-8-11(2)5-6-14(13)20-3/h5-6,8,10,18H,4,7H2,1-3H3,(H,17,19)/b12-10-. The number of benzene rings is 1. The average molecular weight is 273 g/mol. The zero-order chi connectivity index (χ0) is 15.0. The van der Waals surface area contributed by atoms with E-state index in [-0.39, 0.29) is 11.5 Å². The molecule has 0 aliphatic heterocycles. The molecule has 0 radical (unpaired) electrons. The first-order chi connectivity index (χ1) is 9.62. The number of carbonyl (C=O) groups excluding carboxylic acids is 1. The number of anilines is 1. The Bertz CT molecular complexity index is 545. The molecule has 5 nitrogen and oxygen atoms in total. The van der Waals surface area contributed by atoms with E-state index in [2.05, 4.69) is 10.6 Å². The number of methoxy groups -OCH3 is 1. The van der Waals surface area contributed by atoms with Gasteiger partial charge in [-0.1, -0.05) is 13.0 Å². The highest BCUT2D eigenvalue weighted by Gasteiger charge is 2.08. The van der Waals surface area contributed by atoms with Crippen LogP contribution in [-0.2, 0) is 4.79 Å². The molecule has 0 aliphatic carbocycles. The summed E-state index contributed by atoms with van der Waals surface area (Å²) < 4.78 is 5.22. The highest BCUT2D eigenvalue weighted by Crippen LogP contribution is 2.25. The minimum absolute atomic E-state index is 0.0296. The molecule has 5 heteroatoms. The lowest BCUT2D eigenvalue weighted by molar-refractivity contribution is -0.117. The number of nitrogens with zero attached hydrogens (tertiary/aromatic N) is 1. The van der Waals surface area contributed by atoms with E-state index in [1.165, 1.54) is 6.20 Å². The molecule has 1 aromatic carbocycles. The quantitative estimate of drug-likeness (QED) is 0.616. The molecule has 1 aromatic rings. The van der Waals surface area contributed by atoms with Crippen molar-refractivity contribution in [1.82, 2.24) is 5.32 Å². The molecule has 0 saturated heterocycles. The molecule has 0 unspecified atom stereocenters. The number of nitriles is 1. The Morgan fingerprint density at radius 1 is 1.50 bits per heavy atom. The maximum absolute atomic E-state index is 11.7. The first-order valence-electron chi connectivity index (χ1n) is 6.42. The molecular weight excluding hydrogens is 254 g/mol. The van der Waals surface area contributed by atoms with E-state index < -0.39 is 0 Å². The molecule has 0 aliphatic rings. The zero-order valence-electron chi connectivity index (χ0n) is 12.0. The van der Waals surface area contributed by atoms with Crippen LogP contribution in [0.4, 0.5) is 5.69 Å². The summed E-state index contributed by atoms with van der Waals surface area (Å²) in [5.74, 6) is 0.270. The summed E-state index contributed by atoms with van der Waals surface area (Å²) in [6.45, 7) is 4.45. The van der Waals surface area contributed by atoms with Gasteiger partial charge in [0.05, 0.1) is 12.8 Å². The molecule has 0 bridgehead atoms. The van der Waals surface area contributed by atoms with Crippen molar-refractivity contribution in [1.29, 1.82) is 5.26 Å². The van der Waals surface area contributed by atoms with Crippen molar-refractivity contribution >= 4 is 11.6 Å². The fourth-order valence-electron chi connectivity index (χ4n) is 1.57. The lowest BCUT2D eigenvalue weighted by Crippen LogP contribution is -2.25. The highest BCUT2D eigenvalue weighted by molar-refractivity contribution is 5.97. The fraction of sp³-hybridized carbons (Fsp3) is 0.333. The van der Waals surface area contributed by atoms with Crippen molar-refractivity contribution in [2.75, 3.05) is 19.0 Å². The van der Waals surface area contributed by atoms with Gasteiger partial charge in [0.1, 0.15) is 17.4 Å². The summed E-state index contributed by atoms with van der Waals surface area (Å²) in [5.41, 5.74) is 1.79. The van der Waals surface area contributed by atoms with Gasteiger partial charge < -0.3 is 15.4 Å². The SMILES string of the molecule is CCCNC(=O)/C(C#N)=C\Nc1cc(C)ccc1OC. The molecule has 0 atom stereocenters. The predicted molar refractivity (Wildman–Crippen MR) is 78.4 cm³/mol. The van der Waals surface area contributed by atoms with E-state index in [9.17, 15) is 4.79 Å². The van der Waals surface area contributed by atoms with Crippen LogP contribution in [0.25, 0.3) is 0 Å². The fourth-order valence-corrected chi connectivity index (χ4v) is 1.57. The third-order valence-corrected chi connectivity index (χ3v) is 2.63. The van der Waals surface area contributed by atoms with Crippen LogP contribution < -0.4 is 15.4 Å². The van der Waals surface area contributed by atoms with Gasteiger partial charge in [-0.15, -0.1) is 0 Å². The van der Waals surface area contributed by atoms with Crippen LogP contribution in [0.5, 0.6) is 5.75 Å². The number of amides is 1. The summed E-state index contributed by atoms with van der Waals surface area (Å²) in [5, 5.41) is 14.6. The van der Waals surface area contributed by atoms with E-state index in [4.69, 9.17) is 10.00 Å². The van der Waals surface area contributed by atoms with Gasteiger partial charge in [-0.25, -0.2) is 0 Å². The van der Waals surface area contributed by atoms with Crippen molar-refractivity contribution in [3.63, 3.8) is 0 Å². The molecule has 0 spiro atoms. The largest absolute Gasteiger partial charge is 0.495 e. The maximum Gasteiger partial charge on any atom is 0.263 e. The van der Waals surface area contributed by atoms with E-state index in [0.29, 0.717) is 18.0 Å². The summed E-state index contributed by atoms with van der Waals surface area (Å²) in [7, 11) is 1.57. The first-order valence-corrected chi connectivity index (χ1v) is 6.42. The normalized spacial score (nSPS) is 10.6. The van der Waals surface area contributed by atoms with Gasteiger partial charge in [0.15, 0.2) is 0 Å². The molecule has 2 N–H and O–H groups in total. The molecule has 20 heavy (non-hydrogen) atoms. The molecule has 0 heterocycles. The van der Waals surface area contributed by atoms with Crippen molar-refractivity contribution < 1.29 is 9.53 Å². The van der Waals surface area contributed by atoms with Gasteiger partial charge in [0.2, 0.25) is 0 Å². The van der Waals surface area contributed by atoms with Crippen molar-refractivity contribution in [3.8, 4) is 11.8 Å². The number of aryl methyl sites for hydroxylation is 1. The Hall–Kier alpha value is -2.48. The molecule has 1 amide bonds. The number of rotatable bonds is 6. The second-order valence-corrected chi connectivity index (χ2v) is 4.27. The average Bonchev–Trinajstić information content (AvgIpc) is 2.45. The third kappa shape index (κ3) is 4.32. The third-order valence-electron chi connectivity index (χ3n) is 2.63. The van der Waals surface area contributed by atoms with Gasteiger partial charge in [-0.05, 0) is 31.0 Å². The van der Waals surface area contributed by atoms with Crippen molar-refractivity contribution in [2.24, 2.45) is 0 Å². The van der Waals surface area contributed by atoms with Gasteiger partial charge in [0.25, 0.3) is 5.91 Å². The van der Waals surface area contributed by atoms with Gasteiger partial charge in [0, 0.05) is 12.7 Å². The smallest absolute Gasteiger partial charge is 0.263 e. The predicted octanol–water partition coefficient (Wildman–Crippen LogP) is 2.35. The Morgan fingerprint density at radius 2 is 2.25 bits per heavy atom. The van der Waals surface area contributed by atoms with Crippen LogP contribution in [-0.4, -0.2) is 19.6 Å². The Kier molecular flexibility index (Phi) is 6.11. The number of hydrogen-bond donors (Lipinski definition) is 2. The minimum Gasteiger partial charge on any atom is -0.495 e. The van der Waals surface area contributed by atoms with E-state index in [1.54, 1.807) is 7.11 Å². The summed E-state index contributed by atoms with van der Waals surface area (Å²) in [6.07, 6.45) is 2.21. The monoisotopic (exact) mass is 273 g/mol. The summed E-state index contributed by atoms with van der Waals surface area (Å²) >= 11 is 0. The molecule has 0 saturated carbocycles. The molecular formula is C15H19N3O2. The van der Waals surface area contributed by atoms with Crippen LogP contribution in [0.1, 0.15) is 18.9 Å². The highest BCUT2D eigenvalue weighted by atomic mass is 16.5. The van der Waals surface area contributed by atoms with Crippen molar-refractivity contribution in [3.05, 3.63) is 35.5 Å². The summed E-state index contributed by atoms with van der Waals surface area (Å²) in [4.78, 5) is 11.7. The van der Waals surface area contributed by atoms with Crippen LogP contribution in [0.3, 0.4) is 0 Å². The van der Waals surface area contributed by atoms with E-state index >= 15 is 0 Å². The molecule has 1 rings (SSSR count).